The fourth-order valence-electron chi connectivity index (χ4n) is 5.65. The Morgan fingerprint density at radius 1 is 1.10 bits per heavy atom. The van der Waals surface area contributed by atoms with Gasteiger partial charge in [0.15, 0.2) is 0 Å². The summed E-state index contributed by atoms with van der Waals surface area (Å²) in [6, 6.07) is 8.37. The predicted octanol–water partition coefficient (Wildman–Crippen LogP) is 2.47. The second-order valence-corrected chi connectivity index (χ2v) is 8.93. The maximum absolute atomic E-state index is 13.1. The minimum Gasteiger partial charge on any atom is -0.493 e. The van der Waals surface area contributed by atoms with Crippen LogP contribution in [0.5, 0.6) is 5.75 Å². The van der Waals surface area contributed by atoms with Gasteiger partial charge in [-0.3, -0.25) is 4.79 Å². The van der Waals surface area contributed by atoms with Gasteiger partial charge in [-0.15, -0.1) is 0 Å². The first kappa shape index (κ1) is 19.3. The first-order valence-electron chi connectivity index (χ1n) is 11.2. The van der Waals surface area contributed by atoms with E-state index in [2.05, 4.69) is 17.4 Å². The molecule has 0 aromatic heterocycles. The molecule has 2 saturated heterocycles. The molecule has 4 aliphatic heterocycles. The lowest BCUT2D eigenvalue weighted by atomic mass is 9.82. The summed E-state index contributed by atoms with van der Waals surface area (Å²) in [4.78, 5) is 15.1. The smallest absolute Gasteiger partial charge is 0.226 e. The first-order valence-corrected chi connectivity index (χ1v) is 11.2. The van der Waals surface area contributed by atoms with E-state index >= 15 is 0 Å². The van der Waals surface area contributed by atoms with Crippen molar-refractivity contribution in [2.45, 2.75) is 62.1 Å². The summed E-state index contributed by atoms with van der Waals surface area (Å²) < 4.78 is 18.4. The van der Waals surface area contributed by atoms with Gasteiger partial charge in [0.05, 0.1) is 50.5 Å². The topological polar surface area (TPSA) is 60.0 Å². The second kappa shape index (κ2) is 8.25. The Bertz CT molecular complexity index is 725. The van der Waals surface area contributed by atoms with E-state index in [4.69, 9.17) is 14.2 Å². The maximum atomic E-state index is 13.1. The van der Waals surface area contributed by atoms with Crippen LogP contribution < -0.4 is 10.1 Å². The summed E-state index contributed by atoms with van der Waals surface area (Å²) in [7, 11) is 0. The third kappa shape index (κ3) is 3.78. The van der Waals surface area contributed by atoms with E-state index in [0.29, 0.717) is 32.2 Å². The Morgan fingerprint density at radius 2 is 1.97 bits per heavy atom. The monoisotopic (exact) mass is 400 g/mol. The molecule has 6 rings (SSSR count). The average Bonchev–Trinajstić information content (AvgIpc) is 3.10. The number of nitrogens with zero attached hydrogens (tertiary/aromatic N) is 1. The highest BCUT2D eigenvalue weighted by atomic mass is 16.5. The fourth-order valence-corrected chi connectivity index (χ4v) is 5.65. The van der Waals surface area contributed by atoms with E-state index in [-0.39, 0.29) is 23.6 Å². The molecule has 29 heavy (non-hydrogen) atoms. The molecule has 2 atom stereocenters. The predicted molar refractivity (Wildman–Crippen MR) is 109 cm³/mol. The average molecular weight is 401 g/mol. The van der Waals surface area contributed by atoms with Crippen LogP contribution in [-0.2, 0) is 14.3 Å². The standard InChI is InChI=1S/C23H32N2O4/c26-22-9-13-28-20-4-2-1-3-19(20)17-5-7-18(8-6-17)29-15-21-23(10-12-25(21)22)16-27-14-11-24-23/h1-4,17-18,21,24H,5-16H2/t17-,18+,21?,23?. The molecule has 1 saturated carbocycles. The van der Waals surface area contributed by atoms with E-state index in [1.54, 1.807) is 0 Å². The minimum atomic E-state index is -0.171. The summed E-state index contributed by atoms with van der Waals surface area (Å²) in [6.07, 6.45) is 5.99. The molecule has 4 heterocycles. The lowest BCUT2D eigenvalue weighted by molar-refractivity contribution is -0.136. The van der Waals surface area contributed by atoms with Gasteiger partial charge in [0.1, 0.15) is 5.75 Å². The van der Waals surface area contributed by atoms with Gasteiger partial charge < -0.3 is 24.4 Å². The Labute approximate surface area is 172 Å². The van der Waals surface area contributed by atoms with Crippen LogP contribution in [0.1, 0.15) is 50.0 Å². The second-order valence-electron chi connectivity index (χ2n) is 8.93. The van der Waals surface area contributed by atoms with Crippen LogP contribution >= 0.6 is 0 Å². The van der Waals surface area contributed by atoms with Gasteiger partial charge in [0.25, 0.3) is 0 Å². The summed E-state index contributed by atoms with van der Waals surface area (Å²) >= 11 is 0. The number of ether oxygens (including phenoxy) is 3. The third-order valence-corrected chi connectivity index (χ3v) is 7.31. The molecule has 1 aromatic rings. The molecule has 6 heteroatoms. The number of amides is 1. The van der Waals surface area contributed by atoms with Crippen molar-refractivity contribution in [2.75, 3.05) is 39.5 Å². The molecule has 0 radical (unpaired) electrons. The third-order valence-electron chi connectivity index (χ3n) is 7.31. The molecule has 1 spiro atoms. The van der Waals surface area contributed by atoms with Crippen LogP contribution in [-0.4, -0.2) is 68.0 Å². The number of carbonyl (C=O) groups excluding carboxylic acids is 1. The highest BCUT2D eigenvalue weighted by Gasteiger charge is 2.50. The van der Waals surface area contributed by atoms with Crippen molar-refractivity contribution in [2.24, 2.45) is 0 Å². The zero-order valence-corrected chi connectivity index (χ0v) is 17.1. The number of para-hydroxylation sites is 1. The summed E-state index contributed by atoms with van der Waals surface area (Å²) in [5, 5.41) is 3.67. The molecule has 6 nitrogen and oxygen atoms in total. The Balaban J connectivity index is 1.39. The molecule has 5 aliphatic rings. The van der Waals surface area contributed by atoms with Crippen molar-refractivity contribution < 1.29 is 19.0 Å². The zero-order chi connectivity index (χ0) is 19.7. The fraction of sp³-hybridized carbons (Fsp3) is 0.696. The van der Waals surface area contributed by atoms with E-state index in [1.807, 2.05) is 17.0 Å². The van der Waals surface area contributed by atoms with Crippen molar-refractivity contribution >= 4 is 5.91 Å². The molecule has 1 amide bonds. The molecule has 1 aromatic carbocycles. The number of morpholine rings is 1. The van der Waals surface area contributed by atoms with Crippen molar-refractivity contribution in [1.82, 2.24) is 10.2 Å². The molecule has 3 fully saturated rings. The number of carbonyl (C=O) groups is 1. The Hall–Kier alpha value is -1.63. The number of fused-ring (bicyclic) bond motifs is 6. The van der Waals surface area contributed by atoms with E-state index in [9.17, 15) is 4.79 Å². The Morgan fingerprint density at radius 3 is 2.79 bits per heavy atom. The van der Waals surface area contributed by atoms with Crippen molar-refractivity contribution in [1.29, 1.82) is 0 Å². The molecule has 2 bridgehead atoms. The lowest BCUT2D eigenvalue weighted by Crippen LogP contribution is -2.63. The van der Waals surface area contributed by atoms with Gasteiger partial charge in [-0.2, -0.15) is 0 Å². The normalized spacial score (nSPS) is 35.7. The highest BCUT2D eigenvalue weighted by molar-refractivity contribution is 5.77. The van der Waals surface area contributed by atoms with E-state index in [0.717, 1.165) is 57.6 Å². The number of hydrogen-bond acceptors (Lipinski definition) is 5. The SMILES string of the molecule is O=C1CCOc2ccccc2[C@H]2CC[C@H](CC2)OCC2N1CCC21COCCN1. The van der Waals surface area contributed by atoms with Gasteiger partial charge in [0, 0.05) is 13.1 Å². The number of benzene rings is 1. The van der Waals surface area contributed by atoms with Crippen LogP contribution in [0.2, 0.25) is 0 Å². The van der Waals surface area contributed by atoms with Crippen LogP contribution in [0.4, 0.5) is 0 Å². The van der Waals surface area contributed by atoms with Crippen molar-refractivity contribution in [3.05, 3.63) is 29.8 Å². The van der Waals surface area contributed by atoms with E-state index in [1.165, 1.54) is 5.56 Å². The van der Waals surface area contributed by atoms with Gasteiger partial charge >= 0.3 is 0 Å². The van der Waals surface area contributed by atoms with Gasteiger partial charge in [-0.05, 0) is 49.7 Å². The van der Waals surface area contributed by atoms with Crippen LogP contribution in [0, 0.1) is 0 Å². The summed E-state index contributed by atoms with van der Waals surface area (Å²) in [6.45, 7) is 4.00. The summed E-state index contributed by atoms with van der Waals surface area (Å²) in [5.74, 6) is 1.62. The minimum absolute atomic E-state index is 0.0308. The van der Waals surface area contributed by atoms with Crippen LogP contribution in [0.3, 0.4) is 0 Å². The maximum Gasteiger partial charge on any atom is 0.226 e. The molecule has 158 valence electrons. The molecular weight excluding hydrogens is 368 g/mol. The van der Waals surface area contributed by atoms with Crippen LogP contribution in [0.15, 0.2) is 24.3 Å². The quantitative estimate of drug-likeness (QED) is 0.725. The van der Waals surface area contributed by atoms with E-state index < -0.39 is 0 Å². The molecular formula is C23H32N2O4. The number of hydrogen-bond donors (Lipinski definition) is 1. The summed E-state index contributed by atoms with van der Waals surface area (Å²) in [5.41, 5.74) is 1.12. The zero-order valence-electron chi connectivity index (χ0n) is 17.1. The van der Waals surface area contributed by atoms with Crippen molar-refractivity contribution in [3.63, 3.8) is 0 Å². The van der Waals surface area contributed by atoms with Crippen molar-refractivity contribution in [3.8, 4) is 5.75 Å². The van der Waals surface area contributed by atoms with Gasteiger partial charge in [0.2, 0.25) is 5.91 Å². The van der Waals surface area contributed by atoms with Crippen LogP contribution in [0.25, 0.3) is 0 Å². The number of rotatable bonds is 0. The number of nitrogens with one attached hydrogen (secondary N) is 1. The highest BCUT2D eigenvalue weighted by Crippen LogP contribution is 2.39. The Kier molecular flexibility index (Phi) is 5.50. The van der Waals surface area contributed by atoms with Gasteiger partial charge in [-0.1, -0.05) is 18.2 Å². The largest absolute Gasteiger partial charge is 0.493 e. The molecule has 2 unspecified atom stereocenters. The lowest BCUT2D eigenvalue weighted by Gasteiger charge is -2.42. The first-order chi connectivity index (χ1) is 14.3. The van der Waals surface area contributed by atoms with Gasteiger partial charge in [-0.25, -0.2) is 0 Å². The molecule has 1 N–H and O–H groups in total. The molecule has 1 aliphatic carbocycles.